The highest BCUT2D eigenvalue weighted by Gasteiger charge is 2.25. The van der Waals surface area contributed by atoms with Gasteiger partial charge in [-0.05, 0) is 64.2 Å². The van der Waals surface area contributed by atoms with Crippen LogP contribution in [0.1, 0.15) is 367 Å². The van der Waals surface area contributed by atoms with Crippen LogP contribution in [0.15, 0.2) is 24.3 Å². The third kappa shape index (κ3) is 65.3. The van der Waals surface area contributed by atoms with Crippen molar-refractivity contribution in [2.75, 3.05) is 47.5 Å². The molecular formula is C73H140NO8+. The fraction of sp³-hybridized carbons (Fsp3) is 0.904. The van der Waals surface area contributed by atoms with E-state index in [1.54, 1.807) is 0 Å². The van der Waals surface area contributed by atoms with Gasteiger partial charge < -0.3 is 28.5 Å². The molecule has 0 aromatic heterocycles. The summed E-state index contributed by atoms with van der Waals surface area (Å²) in [6.45, 7) is 4.92. The van der Waals surface area contributed by atoms with Crippen LogP contribution in [0.25, 0.3) is 0 Å². The second-order valence-electron chi connectivity index (χ2n) is 25.9. The quantitative estimate of drug-likeness (QED) is 0.0211. The zero-order chi connectivity index (χ0) is 59.8. The Labute approximate surface area is 509 Å². The summed E-state index contributed by atoms with van der Waals surface area (Å²) in [5.41, 5.74) is 0. The summed E-state index contributed by atoms with van der Waals surface area (Å²) in [5, 5.41) is 9.72. The van der Waals surface area contributed by atoms with E-state index >= 15 is 0 Å². The lowest BCUT2D eigenvalue weighted by molar-refractivity contribution is -0.870. The van der Waals surface area contributed by atoms with E-state index in [9.17, 15) is 19.5 Å². The fourth-order valence-electron chi connectivity index (χ4n) is 10.9. The van der Waals surface area contributed by atoms with Crippen molar-refractivity contribution in [3.05, 3.63) is 24.3 Å². The number of likely N-dealkylation sites (N-methyl/N-ethyl adjacent to an activating group) is 1. The third-order valence-electron chi connectivity index (χ3n) is 16.4. The highest BCUT2D eigenvalue weighted by molar-refractivity contribution is 5.71. The fourth-order valence-corrected chi connectivity index (χ4v) is 10.9. The van der Waals surface area contributed by atoms with Gasteiger partial charge in [0.15, 0.2) is 6.10 Å². The average Bonchev–Trinajstić information content (AvgIpc) is 3.45. The maximum atomic E-state index is 12.9. The van der Waals surface area contributed by atoms with Gasteiger partial charge in [-0.3, -0.25) is 9.59 Å². The number of allylic oxidation sites excluding steroid dienone is 4. The number of rotatable bonds is 68. The predicted octanol–water partition coefficient (Wildman–Crippen LogP) is 22.2. The molecule has 0 saturated carbocycles. The number of quaternary nitrogens is 1. The summed E-state index contributed by atoms with van der Waals surface area (Å²) in [6, 6.07) is 0. The molecule has 484 valence electrons. The van der Waals surface area contributed by atoms with Crippen molar-refractivity contribution < 1.29 is 42.9 Å². The number of hydrogen-bond acceptors (Lipinski definition) is 7. The third-order valence-corrected chi connectivity index (χ3v) is 16.4. The molecule has 0 bridgehead atoms. The normalized spacial score (nSPS) is 12.7. The summed E-state index contributed by atoms with van der Waals surface area (Å²) >= 11 is 0. The van der Waals surface area contributed by atoms with Gasteiger partial charge in [-0.15, -0.1) is 0 Å². The van der Waals surface area contributed by atoms with Crippen molar-refractivity contribution in [3.8, 4) is 0 Å². The van der Waals surface area contributed by atoms with Crippen LogP contribution in [0.2, 0.25) is 0 Å². The van der Waals surface area contributed by atoms with Crippen molar-refractivity contribution in [1.29, 1.82) is 0 Å². The summed E-state index contributed by atoms with van der Waals surface area (Å²) in [5.74, 6) is -1.99. The number of carboxylic acid groups (broad SMARTS) is 1. The Morgan fingerprint density at radius 3 is 0.902 bits per heavy atom. The van der Waals surface area contributed by atoms with E-state index in [4.69, 9.17) is 18.9 Å². The number of nitrogens with zero attached hydrogens (tertiary/aromatic N) is 1. The standard InChI is InChI=1S/C73H139NO8/c1-6-8-10-12-14-16-18-20-22-24-25-26-27-28-29-30-31-32-33-34-35-36-37-38-39-40-41-42-43-44-45-46-47-48-50-52-54-56-58-60-62-64-71(76)82-69(68-81-73(72(77)78)79-66-65-74(3,4)5)67-80-70(75)63-61-59-57-55-53-51-49-23-21-19-17-15-13-11-9-7-2/h23-25,49,69,73H,6-22,26-48,50-68H2,1-5H3/p+1/b25-24-,49-23-. The lowest BCUT2D eigenvalue weighted by Gasteiger charge is -2.25. The molecule has 0 rings (SSSR count). The van der Waals surface area contributed by atoms with Crippen LogP contribution in [-0.4, -0.2) is 87.4 Å². The first-order chi connectivity index (χ1) is 40.1. The van der Waals surface area contributed by atoms with E-state index in [-0.39, 0.29) is 38.2 Å². The molecule has 0 aromatic rings. The Balaban J connectivity index is 3.89. The van der Waals surface area contributed by atoms with Crippen LogP contribution in [-0.2, 0) is 33.3 Å². The van der Waals surface area contributed by atoms with E-state index in [0.717, 1.165) is 51.4 Å². The molecule has 9 nitrogen and oxygen atoms in total. The molecular weight excluding hydrogens is 1020 g/mol. The molecule has 0 aromatic carbocycles. The van der Waals surface area contributed by atoms with Gasteiger partial charge in [0.1, 0.15) is 13.2 Å². The minimum Gasteiger partial charge on any atom is -0.477 e. The first-order valence-corrected chi connectivity index (χ1v) is 36.0. The Bertz CT molecular complexity index is 1390. The molecule has 0 heterocycles. The zero-order valence-electron chi connectivity index (χ0n) is 55.4. The van der Waals surface area contributed by atoms with Gasteiger partial charge >= 0.3 is 17.9 Å². The van der Waals surface area contributed by atoms with Gasteiger partial charge in [0, 0.05) is 12.8 Å². The van der Waals surface area contributed by atoms with Crippen molar-refractivity contribution in [2.45, 2.75) is 379 Å². The monoisotopic (exact) mass is 1160 g/mol. The highest BCUT2D eigenvalue weighted by atomic mass is 16.7. The van der Waals surface area contributed by atoms with Gasteiger partial charge in [-0.1, -0.05) is 314 Å². The Hall–Kier alpha value is -2.23. The van der Waals surface area contributed by atoms with E-state index in [0.29, 0.717) is 17.4 Å². The molecule has 0 spiro atoms. The van der Waals surface area contributed by atoms with Crippen LogP contribution >= 0.6 is 0 Å². The molecule has 9 heteroatoms. The smallest absolute Gasteiger partial charge is 0.361 e. The van der Waals surface area contributed by atoms with Gasteiger partial charge in [0.05, 0.1) is 34.4 Å². The SMILES string of the molecule is CCCCCCCCC/C=C\CCCCCCCC(=O)OCC(COC(OCC[N+](C)(C)C)C(=O)O)OC(=O)CCCCCCCCCCCCCCCCCCCCCCCCCCCCCCC/C=C\CCCCCCCCCC. The molecule has 0 fully saturated rings. The molecule has 0 aliphatic heterocycles. The molecule has 2 atom stereocenters. The number of carboxylic acids is 1. The Kier molecular flexibility index (Phi) is 63.0. The van der Waals surface area contributed by atoms with Crippen molar-refractivity contribution in [1.82, 2.24) is 0 Å². The van der Waals surface area contributed by atoms with Crippen molar-refractivity contribution >= 4 is 17.9 Å². The van der Waals surface area contributed by atoms with Crippen LogP contribution < -0.4 is 0 Å². The first-order valence-electron chi connectivity index (χ1n) is 36.0. The van der Waals surface area contributed by atoms with Crippen molar-refractivity contribution in [2.24, 2.45) is 0 Å². The van der Waals surface area contributed by atoms with E-state index in [1.165, 1.54) is 289 Å². The zero-order valence-corrected chi connectivity index (χ0v) is 55.4. The molecule has 0 aliphatic carbocycles. The highest BCUT2D eigenvalue weighted by Crippen LogP contribution is 2.19. The number of ether oxygens (including phenoxy) is 4. The van der Waals surface area contributed by atoms with E-state index in [2.05, 4.69) is 38.2 Å². The second-order valence-corrected chi connectivity index (χ2v) is 25.9. The van der Waals surface area contributed by atoms with Gasteiger partial charge in [0.2, 0.25) is 0 Å². The predicted molar refractivity (Wildman–Crippen MR) is 351 cm³/mol. The maximum Gasteiger partial charge on any atom is 0.361 e. The summed E-state index contributed by atoms with van der Waals surface area (Å²) in [4.78, 5) is 37.5. The molecule has 0 aliphatic rings. The number of aliphatic carboxylic acids is 1. The molecule has 2 unspecified atom stereocenters. The average molecular weight is 1160 g/mol. The van der Waals surface area contributed by atoms with Gasteiger partial charge in [-0.2, -0.15) is 0 Å². The van der Waals surface area contributed by atoms with Crippen LogP contribution in [0.3, 0.4) is 0 Å². The van der Waals surface area contributed by atoms with E-state index in [1.807, 2.05) is 21.1 Å². The van der Waals surface area contributed by atoms with E-state index < -0.39 is 18.4 Å². The minimum absolute atomic E-state index is 0.181. The molecule has 0 saturated heterocycles. The number of unbranched alkanes of at least 4 members (excludes halogenated alkanes) is 49. The van der Waals surface area contributed by atoms with Crippen molar-refractivity contribution in [3.63, 3.8) is 0 Å². The molecule has 0 radical (unpaired) electrons. The van der Waals surface area contributed by atoms with Crippen LogP contribution in [0.5, 0.6) is 0 Å². The lowest BCUT2D eigenvalue weighted by Crippen LogP contribution is -2.40. The number of carbonyl (C=O) groups is 3. The number of carbonyl (C=O) groups excluding carboxylic acids is 2. The largest absolute Gasteiger partial charge is 0.477 e. The minimum atomic E-state index is -1.51. The van der Waals surface area contributed by atoms with Crippen LogP contribution in [0, 0.1) is 0 Å². The van der Waals surface area contributed by atoms with Crippen LogP contribution in [0.4, 0.5) is 0 Å². The summed E-state index contributed by atoms with van der Waals surface area (Å²) in [7, 11) is 5.98. The first kappa shape index (κ1) is 79.8. The topological polar surface area (TPSA) is 108 Å². The second kappa shape index (κ2) is 64.8. The van der Waals surface area contributed by atoms with Gasteiger partial charge in [0.25, 0.3) is 6.29 Å². The summed E-state index contributed by atoms with van der Waals surface area (Å²) in [6.07, 6.45) is 77.6. The Morgan fingerprint density at radius 2 is 0.622 bits per heavy atom. The summed E-state index contributed by atoms with van der Waals surface area (Å²) < 4.78 is 22.9. The maximum absolute atomic E-state index is 12.9. The number of esters is 2. The molecule has 1 N–H and O–H groups in total. The Morgan fingerprint density at radius 1 is 0.354 bits per heavy atom. The molecule has 82 heavy (non-hydrogen) atoms. The molecule has 0 amide bonds. The lowest BCUT2D eigenvalue weighted by atomic mass is 10.0. The van der Waals surface area contributed by atoms with Gasteiger partial charge in [-0.25, -0.2) is 4.79 Å². The number of hydrogen-bond donors (Lipinski definition) is 1.